The molecule has 0 spiro atoms. The molecule has 0 aliphatic heterocycles. The molecule has 0 radical (unpaired) electrons. The number of hydrogen-bond donors (Lipinski definition) is 1. The molecule has 18 heavy (non-hydrogen) atoms. The Morgan fingerprint density at radius 2 is 2.06 bits per heavy atom. The normalized spacial score (nSPS) is 11.2. The monoisotopic (exact) mass is 327 g/mol. The van der Waals surface area contributed by atoms with Gasteiger partial charge in [-0.05, 0) is 47.1 Å². The zero-order valence-electron chi connectivity index (χ0n) is 9.46. The lowest BCUT2D eigenvalue weighted by Crippen LogP contribution is -2.14. The molecule has 7 heteroatoms. The molecule has 0 atom stereocenters. The van der Waals surface area contributed by atoms with Crippen LogP contribution in [0.15, 0.2) is 46.0 Å². The van der Waals surface area contributed by atoms with Gasteiger partial charge in [-0.25, -0.2) is 13.4 Å². The molecule has 2 aromatic rings. The summed E-state index contributed by atoms with van der Waals surface area (Å²) in [6.07, 6.45) is 2.80. The summed E-state index contributed by atoms with van der Waals surface area (Å²) in [7, 11) is -3.63. The second-order valence-electron chi connectivity index (χ2n) is 3.56. The second-order valence-corrected chi connectivity index (χ2v) is 6.09. The molecule has 0 saturated heterocycles. The van der Waals surface area contributed by atoms with Crippen molar-refractivity contribution in [3.05, 3.63) is 46.8 Å². The van der Waals surface area contributed by atoms with E-state index in [1.54, 1.807) is 25.1 Å². The Kier molecular flexibility index (Phi) is 3.63. The van der Waals surface area contributed by atoms with Gasteiger partial charge in [0.2, 0.25) is 0 Å². The number of rotatable bonds is 3. The number of hydrogen-bond acceptors (Lipinski definition) is 4. The third-order valence-electron chi connectivity index (χ3n) is 2.20. The first-order chi connectivity index (χ1) is 8.49. The predicted octanol–water partition coefficient (Wildman–Crippen LogP) is 2.35. The molecule has 2 aromatic heterocycles. The Morgan fingerprint density at radius 1 is 1.28 bits per heavy atom. The lowest BCUT2D eigenvalue weighted by Gasteiger charge is -2.07. The number of nitrogens with zero attached hydrogens (tertiary/aromatic N) is 2. The zero-order valence-corrected chi connectivity index (χ0v) is 11.9. The molecule has 0 fully saturated rings. The van der Waals surface area contributed by atoms with Crippen molar-refractivity contribution in [3.63, 3.8) is 0 Å². The standard InChI is InChI=1S/C11H10BrN3O2S/c1-8-10(12)4-5-11(14-8)15-18(16,17)9-3-2-6-13-7-9/h2-7H,1H3,(H,14,15). The van der Waals surface area contributed by atoms with Crippen molar-refractivity contribution in [2.45, 2.75) is 11.8 Å². The molecule has 94 valence electrons. The van der Waals surface area contributed by atoms with Crippen LogP contribution in [-0.4, -0.2) is 18.4 Å². The molecule has 0 aromatic carbocycles. The van der Waals surface area contributed by atoms with E-state index in [-0.39, 0.29) is 10.7 Å². The minimum atomic E-state index is -3.63. The van der Waals surface area contributed by atoms with Crippen LogP contribution in [0.1, 0.15) is 5.69 Å². The fourth-order valence-electron chi connectivity index (χ4n) is 1.30. The van der Waals surface area contributed by atoms with Crippen LogP contribution >= 0.6 is 15.9 Å². The Morgan fingerprint density at radius 3 is 2.67 bits per heavy atom. The highest BCUT2D eigenvalue weighted by Gasteiger charge is 2.14. The van der Waals surface area contributed by atoms with Gasteiger partial charge in [-0.15, -0.1) is 0 Å². The summed E-state index contributed by atoms with van der Waals surface area (Å²) in [6, 6.07) is 6.37. The van der Waals surface area contributed by atoms with E-state index in [0.29, 0.717) is 5.69 Å². The van der Waals surface area contributed by atoms with Gasteiger partial charge in [0.1, 0.15) is 10.7 Å². The molecular formula is C11H10BrN3O2S. The highest BCUT2D eigenvalue weighted by atomic mass is 79.9. The first kappa shape index (κ1) is 13.0. The Balaban J connectivity index is 2.31. The van der Waals surface area contributed by atoms with Crippen LogP contribution in [0.2, 0.25) is 0 Å². The quantitative estimate of drug-likeness (QED) is 0.939. The molecule has 2 heterocycles. The molecule has 0 amide bonds. The van der Waals surface area contributed by atoms with Gasteiger partial charge in [0, 0.05) is 16.9 Å². The number of sulfonamides is 1. The van der Waals surface area contributed by atoms with Crippen LogP contribution in [0.4, 0.5) is 5.82 Å². The minimum Gasteiger partial charge on any atom is -0.263 e. The maximum Gasteiger partial charge on any atom is 0.264 e. The van der Waals surface area contributed by atoms with Gasteiger partial charge in [-0.3, -0.25) is 9.71 Å². The van der Waals surface area contributed by atoms with Crippen molar-refractivity contribution in [2.24, 2.45) is 0 Å². The fraction of sp³-hybridized carbons (Fsp3) is 0.0909. The molecular weight excluding hydrogens is 318 g/mol. The van der Waals surface area contributed by atoms with E-state index < -0.39 is 10.0 Å². The fourth-order valence-corrected chi connectivity index (χ4v) is 2.49. The van der Waals surface area contributed by atoms with E-state index in [9.17, 15) is 8.42 Å². The molecule has 2 rings (SSSR count). The highest BCUT2D eigenvalue weighted by molar-refractivity contribution is 9.10. The van der Waals surface area contributed by atoms with E-state index in [2.05, 4.69) is 30.6 Å². The average molecular weight is 328 g/mol. The smallest absolute Gasteiger partial charge is 0.263 e. The number of halogens is 1. The van der Waals surface area contributed by atoms with Gasteiger partial charge in [-0.2, -0.15) is 0 Å². The molecule has 0 aliphatic rings. The van der Waals surface area contributed by atoms with Gasteiger partial charge in [0.25, 0.3) is 10.0 Å². The maximum absolute atomic E-state index is 12.0. The average Bonchev–Trinajstić information content (AvgIpc) is 2.35. The topological polar surface area (TPSA) is 72.0 Å². The third-order valence-corrected chi connectivity index (χ3v) is 4.38. The Hall–Kier alpha value is -1.47. The summed E-state index contributed by atoms with van der Waals surface area (Å²) in [5.41, 5.74) is 0.710. The molecule has 1 N–H and O–H groups in total. The van der Waals surface area contributed by atoms with Crippen molar-refractivity contribution in [1.82, 2.24) is 9.97 Å². The van der Waals surface area contributed by atoms with Crippen molar-refractivity contribution in [3.8, 4) is 0 Å². The largest absolute Gasteiger partial charge is 0.264 e. The Labute approximate surface area is 113 Å². The highest BCUT2D eigenvalue weighted by Crippen LogP contribution is 2.18. The molecule has 5 nitrogen and oxygen atoms in total. The molecule has 0 bridgehead atoms. The summed E-state index contributed by atoms with van der Waals surface area (Å²) < 4.78 is 27.2. The summed E-state index contributed by atoms with van der Waals surface area (Å²) in [6.45, 7) is 1.78. The van der Waals surface area contributed by atoms with E-state index in [1.165, 1.54) is 18.5 Å². The minimum absolute atomic E-state index is 0.104. The van der Waals surface area contributed by atoms with Crippen molar-refractivity contribution >= 4 is 31.8 Å². The van der Waals surface area contributed by atoms with Crippen LogP contribution in [-0.2, 0) is 10.0 Å². The first-order valence-corrected chi connectivity index (χ1v) is 7.33. The number of aromatic nitrogens is 2. The van der Waals surface area contributed by atoms with E-state index >= 15 is 0 Å². The molecule has 0 saturated carbocycles. The van der Waals surface area contributed by atoms with Gasteiger partial charge < -0.3 is 0 Å². The first-order valence-electron chi connectivity index (χ1n) is 5.05. The van der Waals surface area contributed by atoms with E-state index in [4.69, 9.17) is 0 Å². The van der Waals surface area contributed by atoms with Gasteiger partial charge >= 0.3 is 0 Å². The van der Waals surface area contributed by atoms with Crippen LogP contribution in [0.25, 0.3) is 0 Å². The van der Waals surface area contributed by atoms with Gasteiger partial charge in [0.15, 0.2) is 0 Å². The Bertz CT molecular complexity index is 659. The number of anilines is 1. The summed E-state index contributed by atoms with van der Waals surface area (Å²) in [5, 5.41) is 0. The maximum atomic E-state index is 12.0. The van der Waals surface area contributed by atoms with E-state index in [1.807, 2.05) is 0 Å². The van der Waals surface area contributed by atoms with Gasteiger partial charge in [-0.1, -0.05) is 0 Å². The molecule has 0 aliphatic carbocycles. The second kappa shape index (κ2) is 5.03. The number of aryl methyl sites for hydroxylation is 1. The summed E-state index contributed by atoms with van der Waals surface area (Å²) in [5.74, 6) is 0.277. The van der Waals surface area contributed by atoms with Crippen molar-refractivity contribution in [2.75, 3.05) is 4.72 Å². The zero-order chi connectivity index (χ0) is 13.2. The molecule has 0 unspecified atom stereocenters. The lowest BCUT2D eigenvalue weighted by atomic mass is 10.4. The summed E-state index contributed by atoms with van der Waals surface area (Å²) in [4.78, 5) is 8.01. The predicted molar refractivity (Wildman–Crippen MR) is 71.7 cm³/mol. The van der Waals surface area contributed by atoms with Crippen molar-refractivity contribution in [1.29, 1.82) is 0 Å². The van der Waals surface area contributed by atoms with Crippen LogP contribution in [0.5, 0.6) is 0 Å². The van der Waals surface area contributed by atoms with Crippen LogP contribution in [0, 0.1) is 6.92 Å². The number of nitrogens with one attached hydrogen (secondary N) is 1. The van der Waals surface area contributed by atoms with Crippen LogP contribution < -0.4 is 4.72 Å². The lowest BCUT2D eigenvalue weighted by molar-refractivity contribution is 0.600. The van der Waals surface area contributed by atoms with Crippen LogP contribution in [0.3, 0.4) is 0 Å². The van der Waals surface area contributed by atoms with E-state index in [0.717, 1.165) is 4.47 Å². The number of pyridine rings is 2. The van der Waals surface area contributed by atoms with Gasteiger partial charge in [0.05, 0.1) is 5.69 Å². The third kappa shape index (κ3) is 2.85. The SMILES string of the molecule is Cc1nc(NS(=O)(=O)c2cccnc2)ccc1Br. The summed E-state index contributed by atoms with van der Waals surface area (Å²) >= 11 is 3.30. The van der Waals surface area contributed by atoms with Crippen molar-refractivity contribution < 1.29 is 8.42 Å².